The number of nitrogens with zero attached hydrogens (tertiary/aromatic N) is 2. The average molecular weight is 287 g/mol. The molecule has 0 unspecified atom stereocenters. The maximum Gasteiger partial charge on any atom is 0.239 e. The molecule has 19 heavy (non-hydrogen) atoms. The molecule has 0 bridgehead atoms. The van der Waals surface area contributed by atoms with Crippen LogP contribution in [0.4, 0.5) is 11.5 Å². The number of rotatable bonds is 6. The minimum atomic E-state index is -2.99. The lowest BCUT2D eigenvalue weighted by molar-refractivity contribution is 0.234. The quantitative estimate of drug-likeness (QED) is 0.838. The van der Waals surface area contributed by atoms with Crippen LogP contribution in [0.3, 0.4) is 0 Å². The fourth-order valence-corrected chi connectivity index (χ4v) is 1.99. The van der Waals surface area contributed by atoms with Crippen LogP contribution >= 0.6 is 0 Å². The zero-order chi connectivity index (χ0) is 14.6. The third kappa shape index (κ3) is 5.34. The Kier molecular flexibility index (Phi) is 4.99. The van der Waals surface area contributed by atoms with Gasteiger partial charge in [0.25, 0.3) is 0 Å². The van der Waals surface area contributed by atoms with E-state index in [2.05, 4.69) is 4.98 Å². The Labute approximate surface area is 114 Å². The normalized spacial score (nSPS) is 11.6. The fourth-order valence-electron chi connectivity index (χ4n) is 1.39. The second kappa shape index (κ2) is 6.10. The molecule has 0 saturated carbocycles. The lowest BCUT2D eigenvalue weighted by Crippen LogP contribution is -2.26. The highest BCUT2D eigenvalue weighted by molar-refractivity contribution is 7.90. The van der Waals surface area contributed by atoms with Crippen molar-refractivity contribution in [1.29, 1.82) is 0 Å². The molecule has 0 aliphatic rings. The summed E-state index contributed by atoms with van der Waals surface area (Å²) in [5, 5.41) is 0. The van der Waals surface area contributed by atoms with Crippen LogP contribution in [0, 0.1) is 0 Å². The monoisotopic (exact) mass is 287 g/mol. The van der Waals surface area contributed by atoms with Gasteiger partial charge in [0.1, 0.15) is 15.7 Å². The Morgan fingerprint density at radius 2 is 2.05 bits per heavy atom. The van der Waals surface area contributed by atoms with Crippen LogP contribution in [0.1, 0.15) is 13.8 Å². The summed E-state index contributed by atoms with van der Waals surface area (Å²) in [5.41, 5.74) is 6.25. The van der Waals surface area contributed by atoms with Crippen LogP contribution in [-0.2, 0) is 9.84 Å². The van der Waals surface area contributed by atoms with Gasteiger partial charge in [-0.2, -0.15) is 4.98 Å². The van der Waals surface area contributed by atoms with E-state index in [1.165, 1.54) is 6.26 Å². The molecule has 1 aromatic heterocycles. The zero-order valence-corrected chi connectivity index (χ0v) is 12.6. The summed E-state index contributed by atoms with van der Waals surface area (Å²) in [5.74, 6) is 1.09. The first-order chi connectivity index (χ1) is 8.69. The number of pyridine rings is 1. The van der Waals surface area contributed by atoms with Crippen LogP contribution in [0.2, 0.25) is 0 Å². The smallest absolute Gasteiger partial charge is 0.239 e. The summed E-state index contributed by atoms with van der Waals surface area (Å²) < 4.78 is 27.8. The number of aromatic nitrogens is 1. The average Bonchev–Trinajstić information content (AvgIpc) is 2.27. The molecule has 0 aliphatic carbocycles. The molecule has 1 aromatic rings. The molecule has 1 rings (SSSR count). The molecule has 0 amide bonds. The Bertz CT molecular complexity index is 529. The van der Waals surface area contributed by atoms with Crippen LogP contribution in [0.25, 0.3) is 0 Å². The van der Waals surface area contributed by atoms with Crippen LogP contribution in [0.5, 0.6) is 5.88 Å². The first-order valence-corrected chi connectivity index (χ1v) is 8.07. The third-order valence-corrected chi connectivity index (χ3v) is 3.34. The Morgan fingerprint density at radius 1 is 1.42 bits per heavy atom. The Hall–Kier alpha value is -1.50. The largest absolute Gasteiger partial charge is 0.473 e. The van der Waals surface area contributed by atoms with Gasteiger partial charge in [-0.05, 0) is 26.0 Å². The standard InChI is InChI=1S/C12H21N3O3S/c1-9(2)18-12-10(13)5-6-11(14-12)15(3)7-8-19(4,16)17/h5-6,9H,7-8,13H2,1-4H3. The van der Waals surface area contributed by atoms with Crippen molar-refractivity contribution >= 4 is 21.3 Å². The topological polar surface area (TPSA) is 85.5 Å². The molecule has 0 radical (unpaired) electrons. The van der Waals surface area contributed by atoms with Gasteiger partial charge in [0.15, 0.2) is 0 Å². The van der Waals surface area contributed by atoms with E-state index in [9.17, 15) is 8.42 Å². The predicted molar refractivity (Wildman–Crippen MR) is 77.4 cm³/mol. The molecule has 0 spiro atoms. The SMILES string of the molecule is CC(C)Oc1nc(N(C)CCS(C)(=O)=O)ccc1N. The molecule has 0 saturated heterocycles. The highest BCUT2D eigenvalue weighted by Crippen LogP contribution is 2.23. The maximum absolute atomic E-state index is 11.1. The molecule has 6 nitrogen and oxygen atoms in total. The van der Waals surface area contributed by atoms with Gasteiger partial charge in [0, 0.05) is 19.8 Å². The summed E-state index contributed by atoms with van der Waals surface area (Å²) in [6.07, 6.45) is 1.19. The van der Waals surface area contributed by atoms with Gasteiger partial charge >= 0.3 is 0 Å². The van der Waals surface area contributed by atoms with Gasteiger partial charge in [0.05, 0.1) is 17.5 Å². The number of sulfone groups is 1. The van der Waals surface area contributed by atoms with Crippen LogP contribution in [-0.4, -0.2) is 45.1 Å². The van der Waals surface area contributed by atoms with E-state index in [0.29, 0.717) is 23.9 Å². The van der Waals surface area contributed by atoms with E-state index in [-0.39, 0.29) is 11.9 Å². The number of nitrogen functional groups attached to an aromatic ring is 1. The van der Waals surface area contributed by atoms with E-state index in [4.69, 9.17) is 10.5 Å². The minimum absolute atomic E-state index is 0.0219. The highest BCUT2D eigenvalue weighted by Gasteiger charge is 2.11. The number of anilines is 2. The van der Waals surface area contributed by atoms with E-state index in [1.54, 1.807) is 24.1 Å². The van der Waals surface area contributed by atoms with Crippen molar-refractivity contribution < 1.29 is 13.2 Å². The first-order valence-electron chi connectivity index (χ1n) is 6.01. The van der Waals surface area contributed by atoms with Gasteiger partial charge < -0.3 is 15.4 Å². The molecule has 0 fully saturated rings. The Morgan fingerprint density at radius 3 is 2.58 bits per heavy atom. The van der Waals surface area contributed by atoms with E-state index < -0.39 is 9.84 Å². The molecule has 108 valence electrons. The van der Waals surface area contributed by atoms with Crippen molar-refractivity contribution in [3.05, 3.63) is 12.1 Å². The highest BCUT2D eigenvalue weighted by atomic mass is 32.2. The predicted octanol–water partition coefficient (Wildman–Crippen LogP) is 0.932. The number of nitrogens with two attached hydrogens (primary N) is 1. The molecule has 1 heterocycles. The number of ether oxygens (including phenoxy) is 1. The van der Waals surface area contributed by atoms with Crippen LogP contribution < -0.4 is 15.4 Å². The van der Waals surface area contributed by atoms with Crippen molar-refractivity contribution in [2.75, 3.05) is 36.2 Å². The summed E-state index contributed by atoms with van der Waals surface area (Å²) in [6, 6.07) is 3.45. The molecule has 0 aliphatic heterocycles. The van der Waals surface area contributed by atoms with E-state index >= 15 is 0 Å². The van der Waals surface area contributed by atoms with Gasteiger partial charge in [-0.15, -0.1) is 0 Å². The van der Waals surface area contributed by atoms with Gasteiger partial charge in [-0.3, -0.25) is 0 Å². The van der Waals surface area contributed by atoms with Crippen LogP contribution in [0.15, 0.2) is 12.1 Å². The molecular weight excluding hydrogens is 266 g/mol. The minimum Gasteiger partial charge on any atom is -0.473 e. The first kappa shape index (κ1) is 15.6. The van der Waals surface area contributed by atoms with E-state index in [1.807, 2.05) is 13.8 Å². The second-order valence-corrected chi connectivity index (χ2v) is 7.04. The summed E-state index contributed by atoms with van der Waals surface area (Å²) in [6.45, 7) is 4.15. The second-order valence-electron chi connectivity index (χ2n) is 4.78. The molecule has 7 heteroatoms. The van der Waals surface area contributed by atoms with Crippen molar-refractivity contribution in [1.82, 2.24) is 4.98 Å². The van der Waals surface area contributed by atoms with Crippen molar-refractivity contribution in [2.45, 2.75) is 20.0 Å². The van der Waals surface area contributed by atoms with E-state index in [0.717, 1.165) is 0 Å². The van der Waals surface area contributed by atoms with Gasteiger partial charge in [-0.25, -0.2) is 8.42 Å². The Balaban J connectivity index is 2.83. The fraction of sp³-hybridized carbons (Fsp3) is 0.583. The lowest BCUT2D eigenvalue weighted by atomic mass is 10.3. The summed E-state index contributed by atoms with van der Waals surface area (Å²) >= 11 is 0. The molecule has 2 N–H and O–H groups in total. The number of hydrogen-bond donors (Lipinski definition) is 1. The molecule has 0 atom stereocenters. The lowest BCUT2D eigenvalue weighted by Gasteiger charge is -2.19. The summed E-state index contributed by atoms with van der Waals surface area (Å²) in [7, 11) is -1.21. The van der Waals surface area contributed by atoms with Crippen molar-refractivity contribution in [2.24, 2.45) is 0 Å². The zero-order valence-electron chi connectivity index (χ0n) is 11.8. The van der Waals surface area contributed by atoms with Gasteiger partial charge in [-0.1, -0.05) is 0 Å². The molecular formula is C12H21N3O3S. The van der Waals surface area contributed by atoms with Gasteiger partial charge in [0.2, 0.25) is 5.88 Å². The number of hydrogen-bond acceptors (Lipinski definition) is 6. The third-order valence-electron chi connectivity index (χ3n) is 2.41. The molecule has 0 aromatic carbocycles. The maximum atomic E-state index is 11.1. The summed E-state index contributed by atoms with van der Waals surface area (Å²) in [4.78, 5) is 6.05. The van der Waals surface area contributed by atoms with Crippen molar-refractivity contribution in [3.63, 3.8) is 0 Å². The van der Waals surface area contributed by atoms with Crippen molar-refractivity contribution in [3.8, 4) is 5.88 Å².